The summed E-state index contributed by atoms with van der Waals surface area (Å²) in [6.07, 6.45) is 1.53. The highest BCUT2D eigenvalue weighted by atomic mass is 32.1. The van der Waals surface area contributed by atoms with Crippen molar-refractivity contribution in [3.8, 4) is 10.6 Å². The van der Waals surface area contributed by atoms with Crippen LogP contribution in [0.5, 0.6) is 0 Å². The summed E-state index contributed by atoms with van der Waals surface area (Å²) in [5.41, 5.74) is 7.50. The second kappa shape index (κ2) is 3.74. The van der Waals surface area contributed by atoms with E-state index >= 15 is 0 Å². The Hall–Kier alpha value is -1.82. The standard InChI is InChI=1S/C9H9N3O2S/c1-14-9(13)5-2-7(15-4-5)8-6(10)3-11-12-8/h2-4H,10H2,1H3,(H,11,12). The summed E-state index contributed by atoms with van der Waals surface area (Å²) in [6.45, 7) is 0. The number of carbonyl (C=O) groups is 1. The molecule has 0 spiro atoms. The predicted molar refractivity (Wildman–Crippen MR) is 57.7 cm³/mol. The molecule has 0 bridgehead atoms. The monoisotopic (exact) mass is 223 g/mol. The number of aromatic nitrogens is 2. The Bertz CT molecular complexity index is 489. The molecule has 0 atom stereocenters. The summed E-state index contributed by atoms with van der Waals surface area (Å²) in [5, 5.41) is 8.31. The number of H-pyrrole nitrogens is 1. The van der Waals surface area contributed by atoms with E-state index in [-0.39, 0.29) is 5.97 Å². The zero-order chi connectivity index (χ0) is 10.8. The van der Waals surface area contributed by atoms with Crippen LogP contribution in [0.1, 0.15) is 10.4 Å². The van der Waals surface area contributed by atoms with Gasteiger partial charge in [-0.3, -0.25) is 5.10 Å². The molecule has 2 aromatic rings. The summed E-state index contributed by atoms with van der Waals surface area (Å²) in [6, 6.07) is 1.72. The number of hydrogen-bond donors (Lipinski definition) is 2. The Balaban J connectivity index is 2.36. The number of carbonyl (C=O) groups excluding carboxylic acids is 1. The van der Waals surface area contributed by atoms with E-state index in [0.29, 0.717) is 11.3 Å². The van der Waals surface area contributed by atoms with Gasteiger partial charge >= 0.3 is 5.97 Å². The fourth-order valence-corrected chi connectivity index (χ4v) is 2.08. The molecule has 0 saturated heterocycles. The number of aromatic amines is 1. The average molecular weight is 223 g/mol. The van der Waals surface area contributed by atoms with Gasteiger partial charge < -0.3 is 10.5 Å². The molecule has 2 aromatic heterocycles. The van der Waals surface area contributed by atoms with Gasteiger partial charge in [-0.05, 0) is 6.07 Å². The number of nitrogens with zero attached hydrogens (tertiary/aromatic N) is 1. The number of methoxy groups -OCH3 is 1. The van der Waals surface area contributed by atoms with Crippen LogP contribution < -0.4 is 5.73 Å². The minimum absolute atomic E-state index is 0.351. The Morgan fingerprint density at radius 1 is 1.67 bits per heavy atom. The number of ether oxygens (including phenoxy) is 1. The molecule has 0 unspecified atom stereocenters. The van der Waals surface area contributed by atoms with Crippen LogP contribution in [0.25, 0.3) is 10.6 Å². The first-order chi connectivity index (χ1) is 7.22. The normalized spacial score (nSPS) is 10.2. The summed E-state index contributed by atoms with van der Waals surface area (Å²) in [5.74, 6) is -0.351. The van der Waals surface area contributed by atoms with Crippen molar-refractivity contribution in [1.29, 1.82) is 0 Å². The third-order valence-corrected chi connectivity index (χ3v) is 2.88. The minimum Gasteiger partial charge on any atom is -0.465 e. The number of esters is 1. The van der Waals surface area contributed by atoms with Gasteiger partial charge in [0, 0.05) is 5.38 Å². The number of anilines is 1. The van der Waals surface area contributed by atoms with Gasteiger partial charge in [-0.25, -0.2) is 4.79 Å². The maximum Gasteiger partial charge on any atom is 0.338 e. The van der Waals surface area contributed by atoms with Crippen LogP contribution >= 0.6 is 11.3 Å². The van der Waals surface area contributed by atoms with Crippen molar-refractivity contribution >= 4 is 23.0 Å². The number of nitrogens with one attached hydrogen (secondary N) is 1. The predicted octanol–water partition coefficient (Wildman–Crippen LogP) is 1.51. The summed E-state index contributed by atoms with van der Waals surface area (Å²) < 4.78 is 4.61. The summed E-state index contributed by atoms with van der Waals surface area (Å²) in [7, 11) is 1.35. The van der Waals surface area contributed by atoms with Gasteiger partial charge in [-0.15, -0.1) is 11.3 Å². The van der Waals surface area contributed by atoms with E-state index < -0.39 is 0 Å². The van der Waals surface area contributed by atoms with Gasteiger partial charge in [0.15, 0.2) is 0 Å². The molecule has 15 heavy (non-hydrogen) atoms. The van der Waals surface area contributed by atoms with E-state index in [4.69, 9.17) is 5.73 Å². The van der Waals surface area contributed by atoms with Crippen LogP contribution in [0.2, 0.25) is 0 Å². The van der Waals surface area contributed by atoms with E-state index in [2.05, 4.69) is 14.9 Å². The van der Waals surface area contributed by atoms with Crippen LogP contribution in [0.4, 0.5) is 5.69 Å². The van der Waals surface area contributed by atoms with Gasteiger partial charge in [0.05, 0.1) is 35.1 Å². The second-order valence-corrected chi connectivity index (χ2v) is 3.80. The molecular formula is C9H9N3O2S. The van der Waals surface area contributed by atoms with Gasteiger partial charge in [0.25, 0.3) is 0 Å². The summed E-state index contributed by atoms with van der Waals surface area (Å²) in [4.78, 5) is 12.1. The Kier molecular flexibility index (Phi) is 2.42. The number of thiophene rings is 1. The van der Waals surface area contributed by atoms with Crippen molar-refractivity contribution in [3.05, 3.63) is 23.2 Å². The lowest BCUT2D eigenvalue weighted by atomic mass is 10.2. The van der Waals surface area contributed by atoms with Crippen LogP contribution in [-0.2, 0) is 4.74 Å². The topological polar surface area (TPSA) is 81.0 Å². The molecular weight excluding hydrogens is 214 g/mol. The molecule has 5 nitrogen and oxygen atoms in total. The molecule has 0 aliphatic heterocycles. The Morgan fingerprint density at radius 2 is 2.47 bits per heavy atom. The van der Waals surface area contributed by atoms with E-state index in [0.717, 1.165) is 10.6 Å². The maximum absolute atomic E-state index is 11.2. The number of nitrogens with two attached hydrogens (primary N) is 1. The Morgan fingerprint density at radius 3 is 3.07 bits per heavy atom. The molecule has 0 aromatic carbocycles. The maximum atomic E-state index is 11.2. The Labute approximate surface area is 89.9 Å². The van der Waals surface area contributed by atoms with E-state index in [9.17, 15) is 4.79 Å². The third-order valence-electron chi connectivity index (χ3n) is 1.94. The smallest absolute Gasteiger partial charge is 0.338 e. The molecule has 0 fully saturated rings. The molecule has 0 aliphatic rings. The summed E-state index contributed by atoms with van der Waals surface area (Å²) >= 11 is 1.41. The molecule has 78 valence electrons. The highest BCUT2D eigenvalue weighted by molar-refractivity contribution is 7.13. The number of rotatable bonds is 2. The van der Waals surface area contributed by atoms with Crippen LogP contribution in [0.15, 0.2) is 17.6 Å². The van der Waals surface area contributed by atoms with Gasteiger partial charge in [0.2, 0.25) is 0 Å². The zero-order valence-corrected chi connectivity index (χ0v) is 8.80. The fourth-order valence-electron chi connectivity index (χ4n) is 1.19. The van der Waals surface area contributed by atoms with Crippen LogP contribution in [0.3, 0.4) is 0 Å². The van der Waals surface area contributed by atoms with Gasteiger partial charge in [-0.1, -0.05) is 0 Å². The van der Waals surface area contributed by atoms with Gasteiger partial charge in [0.1, 0.15) is 0 Å². The lowest BCUT2D eigenvalue weighted by Gasteiger charge is -1.93. The third kappa shape index (κ3) is 1.71. The molecule has 0 saturated carbocycles. The largest absolute Gasteiger partial charge is 0.465 e. The lowest BCUT2D eigenvalue weighted by Crippen LogP contribution is -1.98. The SMILES string of the molecule is COC(=O)c1csc(-c2[nH]ncc2N)c1. The van der Waals surface area contributed by atoms with E-state index in [1.54, 1.807) is 11.4 Å². The van der Waals surface area contributed by atoms with Gasteiger partial charge in [-0.2, -0.15) is 5.10 Å². The van der Waals surface area contributed by atoms with Crippen molar-refractivity contribution in [2.45, 2.75) is 0 Å². The fraction of sp³-hybridized carbons (Fsp3) is 0.111. The van der Waals surface area contributed by atoms with Crippen molar-refractivity contribution in [3.63, 3.8) is 0 Å². The van der Waals surface area contributed by atoms with Crippen molar-refractivity contribution in [2.24, 2.45) is 0 Å². The number of nitrogen functional groups attached to an aromatic ring is 1. The van der Waals surface area contributed by atoms with Crippen molar-refractivity contribution < 1.29 is 9.53 Å². The van der Waals surface area contributed by atoms with E-state index in [1.807, 2.05) is 0 Å². The van der Waals surface area contributed by atoms with Crippen LogP contribution in [-0.4, -0.2) is 23.3 Å². The molecule has 0 aliphatic carbocycles. The molecule has 2 rings (SSSR count). The molecule has 3 N–H and O–H groups in total. The molecule has 2 heterocycles. The minimum atomic E-state index is -0.351. The second-order valence-electron chi connectivity index (χ2n) is 2.89. The first-order valence-electron chi connectivity index (χ1n) is 4.18. The lowest BCUT2D eigenvalue weighted by molar-refractivity contribution is 0.0601. The van der Waals surface area contributed by atoms with Crippen molar-refractivity contribution in [2.75, 3.05) is 12.8 Å². The first kappa shape index (κ1) is 9.72. The molecule has 0 amide bonds. The molecule has 0 radical (unpaired) electrons. The van der Waals surface area contributed by atoms with Crippen LogP contribution in [0, 0.1) is 0 Å². The highest BCUT2D eigenvalue weighted by Gasteiger charge is 2.12. The first-order valence-corrected chi connectivity index (χ1v) is 5.06. The zero-order valence-electron chi connectivity index (χ0n) is 7.98. The van der Waals surface area contributed by atoms with E-state index in [1.165, 1.54) is 24.6 Å². The number of hydrogen-bond acceptors (Lipinski definition) is 5. The molecule has 6 heteroatoms. The quantitative estimate of drug-likeness (QED) is 0.756. The highest BCUT2D eigenvalue weighted by Crippen LogP contribution is 2.29. The average Bonchev–Trinajstić information content (AvgIpc) is 2.84. The van der Waals surface area contributed by atoms with Crippen molar-refractivity contribution in [1.82, 2.24) is 10.2 Å².